The third-order valence-corrected chi connectivity index (χ3v) is 2.97. The molecule has 2 atom stereocenters. The number of carbonyl (C=O) groups is 3. The van der Waals surface area contributed by atoms with Gasteiger partial charge >= 0.3 is 12.1 Å². The van der Waals surface area contributed by atoms with Gasteiger partial charge in [0.05, 0.1) is 6.04 Å². The van der Waals surface area contributed by atoms with Crippen LogP contribution >= 0.6 is 0 Å². The predicted octanol–water partition coefficient (Wildman–Crippen LogP) is 0.844. The van der Waals surface area contributed by atoms with Gasteiger partial charge in [-0.15, -0.1) is 0 Å². The minimum Gasteiger partial charge on any atom is -0.480 e. The Morgan fingerprint density at radius 1 is 1.22 bits per heavy atom. The molecule has 0 saturated carbocycles. The summed E-state index contributed by atoms with van der Waals surface area (Å²) in [6, 6.07) is -1.79. The van der Waals surface area contributed by atoms with Gasteiger partial charge in [-0.25, -0.2) is 9.59 Å². The lowest BCUT2D eigenvalue weighted by Crippen LogP contribution is -2.50. The number of alkyl carbamates (subject to hydrolysis) is 1. The van der Waals surface area contributed by atoms with Crippen molar-refractivity contribution in [1.82, 2.24) is 10.6 Å². The van der Waals surface area contributed by atoms with Crippen molar-refractivity contribution in [1.29, 1.82) is 0 Å². The van der Waals surface area contributed by atoms with Gasteiger partial charge in [0, 0.05) is 6.54 Å². The first kappa shape index (κ1) is 21.2. The highest BCUT2D eigenvalue weighted by atomic mass is 16.6. The van der Waals surface area contributed by atoms with Crippen molar-refractivity contribution in [2.24, 2.45) is 11.7 Å². The summed E-state index contributed by atoms with van der Waals surface area (Å²) >= 11 is 0. The molecule has 0 heterocycles. The van der Waals surface area contributed by atoms with Crippen LogP contribution in [-0.2, 0) is 14.3 Å². The van der Waals surface area contributed by atoms with Gasteiger partial charge in [-0.3, -0.25) is 4.79 Å². The zero-order chi connectivity index (χ0) is 18.2. The normalized spacial score (nSPS) is 14.0. The molecule has 0 aromatic heterocycles. The van der Waals surface area contributed by atoms with E-state index in [9.17, 15) is 14.4 Å². The number of rotatable bonds is 8. The summed E-state index contributed by atoms with van der Waals surface area (Å²) in [5.74, 6) is -1.71. The molecule has 134 valence electrons. The lowest BCUT2D eigenvalue weighted by atomic mass is 10.0. The molecule has 1 unspecified atom stereocenters. The average molecular weight is 331 g/mol. The molecule has 8 nitrogen and oxygen atoms in total. The van der Waals surface area contributed by atoms with E-state index in [0.29, 0.717) is 6.42 Å². The zero-order valence-electron chi connectivity index (χ0n) is 14.5. The number of amides is 2. The van der Waals surface area contributed by atoms with Crippen LogP contribution in [0.25, 0.3) is 0 Å². The number of hydrogen-bond acceptors (Lipinski definition) is 5. The van der Waals surface area contributed by atoms with E-state index in [1.807, 2.05) is 0 Å². The quantitative estimate of drug-likeness (QED) is 0.488. The number of carbonyl (C=O) groups excluding carboxylic acids is 2. The Morgan fingerprint density at radius 2 is 1.78 bits per heavy atom. The average Bonchev–Trinajstić information content (AvgIpc) is 2.38. The molecule has 0 radical (unpaired) electrons. The van der Waals surface area contributed by atoms with Crippen LogP contribution in [0.15, 0.2) is 0 Å². The summed E-state index contributed by atoms with van der Waals surface area (Å²) in [5.41, 5.74) is 5.09. The molecule has 0 saturated heterocycles. The number of nitrogens with two attached hydrogens (primary N) is 1. The third kappa shape index (κ3) is 9.72. The maximum absolute atomic E-state index is 11.8. The fourth-order valence-electron chi connectivity index (χ4n) is 1.64. The van der Waals surface area contributed by atoms with E-state index in [1.165, 1.54) is 0 Å². The highest BCUT2D eigenvalue weighted by Crippen LogP contribution is 2.06. The molecule has 0 aliphatic carbocycles. The molecule has 23 heavy (non-hydrogen) atoms. The van der Waals surface area contributed by atoms with E-state index in [0.717, 1.165) is 0 Å². The van der Waals surface area contributed by atoms with Crippen molar-refractivity contribution in [3.05, 3.63) is 0 Å². The van der Waals surface area contributed by atoms with Crippen LogP contribution in [0.3, 0.4) is 0 Å². The van der Waals surface area contributed by atoms with E-state index >= 15 is 0 Å². The van der Waals surface area contributed by atoms with Crippen molar-refractivity contribution >= 4 is 18.0 Å². The SMILES string of the molecule is CC(C)[C@H](N)C(=O)NC(CCCNC(=O)OC(C)(C)C)C(=O)O. The Balaban J connectivity index is 4.24. The number of carboxylic acids is 1. The molecule has 0 aliphatic heterocycles. The van der Waals surface area contributed by atoms with Crippen molar-refractivity contribution in [2.75, 3.05) is 6.54 Å². The van der Waals surface area contributed by atoms with Crippen molar-refractivity contribution < 1.29 is 24.2 Å². The van der Waals surface area contributed by atoms with Crippen molar-refractivity contribution in [2.45, 2.75) is 65.1 Å². The molecule has 2 amide bonds. The Bertz CT molecular complexity index is 418. The van der Waals surface area contributed by atoms with E-state index in [1.54, 1.807) is 34.6 Å². The lowest BCUT2D eigenvalue weighted by Gasteiger charge is -2.21. The lowest BCUT2D eigenvalue weighted by molar-refractivity contribution is -0.142. The highest BCUT2D eigenvalue weighted by Gasteiger charge is 2.24. The second-order valence-electron chi connectivity index (χ2n) is 6.74. The summed E-state index contributed by atoms with van der Waals surface area (Å²) in [7, 11) is 0. The molecule has 0 aromatic rings. The summed E-state index contributed by atoms with van der Waals surface area (Å²) in [4.78, 5) is 34.4. The molecule has 0 aliphatic rings. The van der Waals surface area contributed by atoms with Gasteiger partial charge in [-0.1, -0.05) is 13.8 Å². The Morgan fingerprint density at radius 3 is 2.22 bits per heavy atom. The third-order valence-electron chi connectivity index (χ3n) is 2.97. The summed E-state index contributed by atoms with van der Waals surface area (Å²) in [6.45, 7) is 9.07. The first-order valence-electron chi connectivity index (χ1n) is 7.69. The van der Waals surface area contributed by atoms with Crippen LogP contribution in [0.5, 0.6) is 0 Å². The number of aliphatic carboxylic acids is 1. The van der Waals surface area contributed by atoms with Crippen LogP contribution in [-0.4, -0.2) is 47.3 Å². The topological polar surface area (TPSA) is 131 Å². The van der Waals surface area contributed by atoms with Gasteiger partial charge in [0.15, 0.2) is 0 Å². The number of nitrogens with one attached hydrogen (secondary N) is 2. The van der Waals surface area contributed by atoms with Crippen molar-refractivity contribution in [3.63, 3.8) is 0 Å². The second kappa shape index (κ2) is 9.34. The van der Waals surface area contributed by atoms with Gasteiger partial charge in [-0.2, -0.15) is 0 Å². The molecule has 8 heteroatoms. The highest BCUT2D eigenvalue weighted by molar-refractivity contribution is 5.86. The van der Waals surface area contributed by atoms with Gasteiger partial charge < -0.3 is 26.2 Å². The van der Waals surface area contributed by atoms with E-state index in [-0.39, 0.29) is 18.9 Å². The summed E-state index contributed by atoms with van der Waals surface area (Å²) in [6.07, 6.45) is 0.00461. The van der Waals surface area contributed by atoms with E-state index < -0.39 is 35.7 Å². The minimum absolute atomic E-state index is 0.0849. The maximum Gasteiger partial charge on any atom is 0.407 e. The monoisotopic (exact) mass is 331 g/mol. The van der Waals surface area contributed by atoms with Crippen LogP contribution in [0.1, 0.15) is 47.5 Å². The Kier molecular flexibility index (Phi) is 8.60. The van der Waals surface area contributed by atoms with Crippen LogP contribution in [0.2, 0.25) is 0 Å². The summed E-state index contributed by atoms with van der Waals surface area (Å²) in [5, 5.41) is 14.1. The van der Waals surface area contributed by atoms with Crippen LogP contribution < -0.4 is 16.4 Å². The minimum atomic E-state index is -1.13. The van der Waals surface area contributed by atoms with Gasteiger partial charge in [-0.05, 0) is 39.5 Å². The number of carboxylic acid groups (broad SMARTS) is 1. The first-order chi connectivity index (χ1) is 10.4. The molecule has 0 rings (SSSR count). The fourth-order valence-corrected chi connectivity index (χ4v) is 1.64. The molecular weight excluding hydrogens is 302 g/mol. The van der Waals surface area contributed by atoms with Gasteiger partial charge in [0.1, 0.15) is 11.6 Å². The Labute approximate surface area is 137 Å². The largest absolute Gasteiger partial charge is 0.480 e. The predicted molar refractivity (Wildman–Crippen MR) is 85.9 cm³/mol. The molecule has 0 bridgehead atoms. The maximum atomic E-state index is 11.8. The van der Waals surface area contributed by atoms with Crippen molar-refractivity contribution in [3.8, 4) is 0 Å². The molecule has 0 spiro atoms. The van der Waals surface area contributed by atoms with E-state index in [2.05, 4.69) is 10.6 Å². The molecular formula is C15H29N3O5. The number of ether oxygens (including phenoxy) is 1. The van der Waals surface area contributed by atoms with Gasteiger partial charge in [0.2, 0.25) is 5.91 Å². The standard InChI is InChI=1S/C15H29N3O5/c1-9(2)11(16)12(19)18-10(13(20)21)7-6-8-17-14(22)23-15(3,4)5/h9-11H,6-8,16H2,1-5H3,(H,17,22)(H,18,19)(H,20,21)/t10?,11-/m0/s1. The molecule has 0 fully saturated rings. The zero-order valence-corrected chi connectivity index (χ0v) is 14.5. The number of hydrogen-bond donors (Lipinski definition) is 4. The van der Waals surface area contributed by atoms with Gasteiger partial charge in [0.25, 0.3) is 0 Å². The second-order valence-corrected chi connectivity index (χ2v) is 6.74. The Hall–Kier alpha value is -1.83. The molecule has 0 aromatic carbocycles. The van der Waals surface area contributed by atoms with Crippen LogP contribution in [0, 0.1) is 5.92 Å². The fraction of sp³-hybridized carbons (Fsp3) is 0.800. The van der Waals surface area contributed by atoms with Crippen LogP contribution in [0.4, 0.5) is 4.79 Å². The molecule has 5 N–H and O–H groups in total. The summed E-state index contributed by atoms with van der Waals surface area (Å²) < 4.78 is 5.06. The first-order valence-corrected chi connectivity index (χ1v) is 7.69. The van der Waals surface area contributed by atoms with E-state index in [4.69, 9.17) is 15.6 Å². The smallest absolute Gasteiger partial charge is 0.407 e.